The smallest absolute Gasteiger partial charge is 0.390 e. The monoisotopic (exact) mass is 469 g/mol. The number of hydrogen-bond acceptors (Lipinski definition) is 8. The number of alkyl halides is 3. The predicted octanol–water partition coefficient (Wildman–Crippen LogP) is 0.406. The van der Waals surface area contributed by atoms with E-state index in [4.69, 9.17) is 5.73 Å². The van der Waals surface area contributed by atoms with Crippen molar-refractivity contribution in [3.05, 3.63) is 35.8 Å². The lowest BCUT2D eigenvalue weighted by Crippen LogP contribution is -2.46. The number of aliphatic hydroxyl groups excluding tert-OH is 1. The number of nitrogen functional groups attached to an aromatic ring is 1. The molecule has 2 aliphatic heterocycles. The van der Waals surface area contributed by atoms with Gasteiger partial charge in [-0.2, -0.15) is 17.5 Å². The summed E-state index contributed by atoms with van der Waals surface area (Å²) >= 11 is 0. The largest absolute Gasteiger partial charge is 0.453 e. The Bertz CT molecular complexity index is 1340. The van der Waals surface area contributed by atoms with Crippen LogP contribution in [0.5, 0.6) is 0 Å². The summed E-state index contributed by atoms with van der Waals surface area (Å²) in [6, 6.07) is 3.44. The first-order valence-electron chi connectivity index (χ1n) is 9.61. The molecule has 4 heterocycles. The third kappa shape index (κ3) is 3.05. The number of fused-ring (bicyclic) bond motifs is 3. The van der Waals surface area contributed by atoms with E-state index in [-0.39, 0.29) is 28.8 Å². The van der Waals surface area contributed by atoms with Gasteiger partial charge in [-0.15, -0.1) is 5.10 Å². The van der Waals surface area contributed by atoms with Crippen molar-refractivity contribution >= 4 is 21.5 Å². The Morgan fingerprint density at radius 3 is 2.69 bits per heavy atom. The standard InChI is InChI=1S/C18H18F3N7O3S/c1-8-2-3-9(32(30,31)27-7-11-14(29)13(27)6-23-11)4-10(8)12-5-24-16-15(22)25-17(18(19,20)21)26-28(12)16/h2-5,11,13-14,23,29H,6-7H2,1H3,(H2,22,25,26). The molecule has 170 valence electrons. The van der Waals surface area contributed by atoms with Crippen LogP contribution < -0.4 is 11.1 Å². The first kappa shape index (κ1) is 21.1. The van der Waals surface area contributed by atoms with Gasteiger partial charge in [0.25, 0.3) is 5.82 Å². The number of nitrogens with two attached hydrogens (primary N) is 1. The summed E-state index contributed by atoms with van der Waals surface area (Å²) in [6.07, 6.45) is -4.35. The van der Waals surface area contributed by atoms with Crippen LogP contribution in [-0.4, -0.2) is 68.7 Å². The molecule has 2 saturated heterocycles. The number of nitrogens with one attached hydrogen (secondary N) is 1. The summed E-state index contributed by atoms with van der Waals surface area (Å²) in [4.78, 5) is 7.23. The quantitative estimate of drug-likeness (QED) is 0.501. The second-order valence-electron chi connectivity index (χ2n) is 7.82. The molecule has 2 bridgehead atoms. The lowest BCUT2D eigenvalue weighted by molar-refractivity contribution is -0.145. The molecule has 2 fully saturated rings. The fourth-order valence-corrected chi connectivity index (χ4v) is 5.90. The molecule has 0 radical (unpaired) electrons. The number of sulfonamides is 1. The summed E-state index contributed by atoms with van der Waals surface area (Å²) in [5, 5.41) is 16.8. The molecule has 5 rings (SSSR count). The number of anilines is 1. The van der Waals surface area contributed by atoms with E-state index in [0.717, 1.165) is 4.52 Å². The number of aliphatic hydroxyl groups is 1. The molecule has 14 heteroatoms. The maximum atomic E-state index is 13.3. The molecule has 0 spiro atoms. The van der Waals surface area contributed by atoms with Crippen molar-refractivity contribution in [1.82, 2.24) is 29.2 Å². The Kier molecular flexibility index (Phi) is 4.50. The maximum Gasteiger partial charge on any atom is 0.453 e. The summed E-state index contributed by atoms with van der Waals surface area (Å²) in [5.41, 5.74) is 6.63. The van der Waals surface area contributed by atoms with Crippen LogP contribution in [0.15, 0.2) is 29.3 Å². The van der Waals surface area contributed by atoms with Gasteiger partial charge in [-0.05, 0) is 24.6 Å². The third-order valence-electron chi connectivity index (χ3n) is 5.88. The van der Waals surface area contributed by atoms with Crippen LogP contribution in [0.1, 0.15) is 11.4 Å². The van der Waals surface area contributed by atoms with E-state index in [1.165, 1.54) is 22.6 Å². The molecule has 0 saturated carbocycles. The molecule has 10 nitrogen and oxygen atoms in total. The van der Waals surface area contributed by atoms with Gasteiger partial charge in [0.2, 0.25) is 10.0 Å². The van der Waals surface area contributed by atoms with E-state index in [0.29, 0.717) is 17.7 Å². The van der Waals surface area contributed by atoms with Crippen LogP contribution in [0, 0.1) is 6.92 Å². The van der Waals surface area contributed by atoms with Crippen molar-refractivity contribution in [2.75, 3.05) is 18.8 Å². The van der Waals surface area contributed by atoms with Crippen molar-refractivity contribution in [2.45, 2.75) is 36.2 Å². The van der Waals surface area contributed by atoms with E-state index >= 15 is 0 Å². The molecule has 3 aromatic rings. The SMILES string of the molecule is Cc1ccc(S(=O)(=O)N2CC3NCC2C3O)cc1-c1cnc2c(N)nc(C(F)(F)F)nn12. The van der Waals surface area contributed by atoms with Gasteiger partial charge >= 0.3 is 6.18 Å². The van der Waals surface area contributed by atoms with E-state index in [9.17, 15) is 26.7 Å². The number of aromatic nitrogens is 4. The minimum Gasteiger partial charge on any atom is -0.390 e. The minimum absolute atomic E-state index is 0.0501. The van der Waals surface area contributed by atoms with Gasteiger partial charge in [-0.3, -0.25) is 0 Å². The number of aryl methyl sites for hydroxylation is 1. The van der Waals surface area contributed by atoms with Gasteiger partial charge in [0.05, 0.1) is 28.9 Å². The highest BCUT2D eigenvalue weighted by Crippen LogP contribution is 2.34. The minimum atomic E-state index is -4.83. The number of hydrogen-bond donors (Lipinski definition) is 3. The van der Waals surface area contributed by atoms with Crippen LogP contribution >= 0.6 is 0 Å². The lowest BCUT2D eigenvalue weighted by atomic mass is 10.1. The fraction of sp³-hybridized carbons (Fsp3) is 0.389. The molecular weight excluding hydrogens is 451 g/mol. The van der Waals surface area contributed by atoms with Crippen LogP contribution in [-0.2, 0) is 16.2 Å². The van der Waals surface area contributed by atoms with Crippen molar-refractivity contribution in [2.24, 2.45) is 0 Å². The summed E-state index contributed by atoms with van der Waals surface area (Å²) in [7, 11) is -3.96. The topological polar surface area (TPSA) is 139 Å². The zero-order chi connectivity index (χ0) is 23.0. The van der Waals surface area contributed by atoms with E-state index in [1.54, 1.807) is 13.0 Å². The number of rotatable bonds is 3. The van der Waals surface area contributed by atoms with Crippen molar-refractivity contribution in [3.8, 4) is 11.3 Å². The zero-order valence-electron chi connectivity index (χ0n) is 16.6. The van der Waals surface area contributed by atoms with Crippen molar-refractivity contribution < 1.29 is 26.7 Å². The van der Waals surface area contributed by atoms with Gasteiger partial charge in [-0.25, -0.2) is 22.9 Å². The van der Waals surface area contributed by atoms with Gasteiger partial charge in [0.1, 0.15) is 0 Å². The fourth-order valence-electron chi connectivity index (χ4n) is 4.21. The number of nitrogens with zero attached hydrogens (tertiary/aromatic N) is 5. The molecule has 1 aromatic carbocycles. The van der Waals surface area contributed by atoms with E-state index in [1.807, 2.05) is 0 Å². The van der Waals surface area contributed by atoms with E-state index in [2.05, 4.69) is 20.4 Å². The molecule has 2 aliphatic rings. The van der Waals surface area contributed by atoms with Gasteiger partial charge in [-0.1, -0.05) is 6.07 Å². The van der Waals surface area contributed by atoms with E-state index < -0.39 is 40.0 Å². The van der Waals surface area contributed by atoms with Crippen molar-refractivity contribution in [1.29, 1.82) is 0 Å². The van der Waals surface area contributed by atoms with Gasteiger partial charge < -0.3 is 16.2 Å². The highest BCUT2D eigenvalue weighted by atomic mass is 32.2. The highest BCUT2D eigenvalue weighted by Gasteiger charge is 2.51. The maximum absolute atomic E-state index is 13.3. The normalized spacial score (nSPS) is 24.0. The third-order valence-corrected chi connectivity index (χ3v) is 7.76. The number of imidazole rings is 1. The second-order valence-corrected chi connectivity index (χ2v) is 9.71. The number of halogens is 3. The van der Waals surface area contributed by atoms with Gasteiger partial charge in [0.15, 0.2) is 11.5 Å². The first-order chi connectivity index (χ1) is 15.0. The molecule has 3 atom stereocenters. The number of benzene rings is 1. The average Bonchev–Trinajstić information content (AvgIpc) is 3.40. The summed E-state index contributed by atoms with van der Waals surface area (Å²) in [6.45, 7) is 2.16. The molecule has 32 heavy (non-hydrogen) atoms. The first-order valence-corrected chi connectivity index (χ1v) is 11.1. The predicted molar refractivity (Wildman–Crippen MR) is 106 cm³/mol. The summed E-state index contributed by atoms with van der Waals surface area (Å²) in [5.74, 6) is -1.88. The Morgan fingerprint density at radius 2 is 2.06 bits per heavy atom. The van der Waals surface area contributed by atoms with Crippen LogP contribution in [0.3, 0.4) is 0 Å². The van der Waals surface area contributed by atoms with Crippen LogP contribution in [0.25, 0.3) is 16.9 Å². The zero-order valence-corrected chi connectivity index (χ0v) is 17.4. The lowest BCUT2D eigenvalue weighted by Gasteiger charge is -2.26. The number of piperazine rings is 1. The molecule has 0 amide bonds. The molecular formula is C18H18F3N7O3S. The Hall–Kier alpha value is -2.81. The molecule has 2 aromatic heterocycles. The molecule has 0 aliphatic carbocycles. The Labute approximate surface area is 179 Å². The summed E-state index contributed by atoms with van der Waals surface area (Å²) < 4.78 is 68.3. The average molecular weight is 469 g/mol. The molecule has 4 N–H and O–H groups in total. The Morgan fingerprint density at radius 1 is 1.31 bits per heavy atom. The highest BCUT2D eigenvalue weighted by molar-refractivity contribution is 7.89. The van der Waals surface area contributed by atoms with Crippen LogP contribution in [0.4, 0.5) is 19.0 Å². The molecule has 3 unspecified atom stereocenters. The van der Waals surface area contributed by atoms with Crippen molar-refractivity contribution in [3.63, 3.8) is 0 Å². The second kappa shape index (κ2) is 6.84. The van der Waals surface area contributed by atoms with Gasteiger partial charge in [0, 0.05) is 24.7 Å². The Balaban J connectivity index is 1.63. The van der Waals surface area contributed by atoms with Crippen LogP contribution in [0.2, 0.25) is 0 Å².